The molecule has 2 aromatic rings. The fraction of sp³-hybridized carbons (Fsp3) is 0.389. The van der Waals surface area contributed by atoms with Gasteiger partial charge in [0.05, 0.1) is 5.69 Å². The van der Waals surface area contributed by atoms with Crippen LogP contribution in [0.3, 0.4) is 0 Å². The molecule has 1 aromatic carbocycles. The number of benzene rings is 1. The molecule has 2 heterocycles. The van der Waals surface area contributed by atoms with Crippen LogP contribution in [-0.2, 0) is 12.8 Å². The number of fused-ring (bicyclic) bond motifs is 1. The summed E-state index contributed by atoms with van der Waals surface area (Å²) in [5, 5.41) is 6.75. The number of carbonyl (C=O) groups is 2. The Morgan fingerprint density at radius 3 is 2.77 bits per heavy atom. The lowest BCUT2D eigenvalue weighted by molar-refractivity contribution is 0.102. The molecule has 0 fully saturated rings. The van der Waals surface area contributed by atoms with Crippen LogP contribution in [0.25, 0.3) is 0 Å². The topological polar surface area (TPSA) is 74.3 Å². The number of hydrogen-bond acceptors (Lipinski definition) is 4. The van der Waals surface area contributed by atoms with Gasteiger partial charge in [-0.15, -0.1) is 11.3 Å². The molecule has 1 aromatic heterocycles. The highest BCUT2D eigenvalue weighted by molar-refractivity contribution is 7.13. The van der Waals surface area contributed by atoms with Gasteiger partial charge < -0.3 is 15.5 Å². The number of halogens is 1. The largest absolute Gasteiger partial charge is 0.336 e. The molecule has 26 heavy (non-hydrogen) atoms. The van der Waals surface area contributed by atoms with Gasteiger partial charge in [-0.3, -0.25) is 4.79 Å². The maximum absolute atomic E-state index is 12.4. The predicted octanol–water partition coefficient (Wildman–Crippen LogP) is 3.57. The van der Waals surface area contributed by atoms with Crippen molar-refractivity contribution in [3.63, 3.8) is 0 Å². The summed E-state index contributed by atoms with van der Waals surface area (Å²) in [5.74, 6) is -0.236. The van der Waals surface area contributed by atoms with Gasteiger partial charge in [0.15, 0.2) is 5.01 Å². The highest BCUT2D eigenvalue weighted by atomic mass is 35.5. The van der Waals surface area contributed by atoms with Gasteiger partial charge in [0.2, 0.25) is 0 Å². The zero-order valence-electron chi connectivity index (χ0n) is 14.7. The third-order valence-electron chi connectivity index (χ3n) is 3.98. The van der Waals surface area contributed by atoms with E-state index in [1.54, 1.807) is 29.2 Å². The van der Waals surface area contributed by atoms with Crippen molar-refractivity contribution in [2.75, 3.05) is 18.4 Å². The van der Waals surface area contributed by atoms with E-state index in [-0.39, 0.29) is 18.0 Å². The van der Waals surface area contributed by atoms with Gasteiger partial charge in [0, 0.05) is 47.6 Å². The van der Waals surface area contributed by atoms with Gasteiger partial charge in [0.25, 0.3) is 5.91 Å². The Morgan fingerprint density at radius 2 is 2.04 bits per heavy atom. The maximum Gasteiger partial charge on any atom is 0.317 e. The molecule has 0 spiro atoms. The molecule has 0 bridgehead atoms. The van der Waals surface area contributed by atoms with Crippen LogP contribution >= 0.6 is 22.9 Å². The first-order valence-electron chi connectivity index (χ1n) is 8.53. The van der Waals surface area contributed by atoms with E-state index in [2.05, 4.69) is 15.6 Å². The minimum Gasteiger partial charge on any atom is -0.336 e. The number of urea groups is 1. The molecular weight excluding hydrogens is 372 g/mol. The van der Waals surface area contributed by atoms with Crippen molar-refractivity contribution in [1.29, 1.82) is 0 Å². The quantitative estimate of drug-likeness (QED) is 0.838. The average Bonchev–Trinajstić information content (AvgIpc) is 2.87. The highest BCUT2D eigenvalue weighted by Crippen LogP contribution is 2.24. The molecule has 1 aliphatic heterocycles. The van der Waals surface area contributed by atoms with E-state index in [1.807, 2.05) is 13.8 Å². The van der Waals surface area contributed by atoms with E-state index in [0.717, 1.165) is 10.6 Å². The first kappa shape index (κ1) is 18.7. The molecule has 0 aliphatic carbocycles. The summed E-state index contributed by atoms with van der Waals surface area (Å²) in [6, 6.07) is 7.08. The minimum atomic E-state index is -0.236. The van der Waals surface area contributed by atoms with Crippen molar-refractivity contribution >= 4 is 40.6 Å². The SMILES string of the molecule is CC(C)NC(=O)N1CCc2nc(C(=O)Nc3cccc(Cl)c3)sc2CC1. The number of nitrogens with zero attached hydrogens (tertiary/aromatic N) is 2. The summed E-state index contributed by atoms with van der Waals surface area (Å²) in [4.78, 5) is 32.0. The fourth-order valence-corrected chi connectivity index (χ4v) is 3.93. The van der Waals surface area contributed by atoms with E-state index in [4.69, 9.17) is 11.6 Å². The second-order valence-electron chi connectivity index (χ2n) is 6.44. The molecule has 0 atom stereocenters. The fourth-order valence-electron chi connectivity index (χ4n) is 2.75. The molecule has 8 heteroatoms. The number of nitrogens with one attached hydrogen (secondary N) is 2. The molecule has 2 N–H and O–H groups in total. The van der Waals surface area contributed by atoms with Gasteiger partial charge in [-0.2, -0.15) is 0 Å². The molecule has 138 valence electrons. The van der Waals surface area contributed by atoms with E-state index < -0.39 is 0 Å². The Labute approximate surface area is 161 Å². The van der Waals surface area contributed by atoms with Crippen molar-refractivity contribution in [2.24, 2.45) is 0 Å². The van der Waals surface area contributed by atoms with Crippen LogP contribution in [0.5, 0.6) is 0 Å². The van der Waals surface area contributed by atoms with Gasteiger partial charge in [-0.1, -0.05) is 17.7 Å². The summed E-state index contributed by atoms with van der Waals surface area (Å²) in [6.45, 7) is 5.12. The number of amides is 3. The average molecular weight is 393 g/mol. The lowest BCUT2D eigenvalue weighted by Crippen LogP contribution is -2.44. The van der Waals surface area contributed by atoms with E-state index in [0.29, 0.717) is 41.6 Å². The maximum atomic E-state index is 12.4. The molecule has 6 nitrogen and oxygen atoms in total. The Bertz CT molecular complexity index is 796. The van der Waals surface area contributed by atoms with Crippen molar-refractivity contribution in [3.8, 4) is 0 Å². The highest BCUT2D eigenvalue weighted by Gasteiger charge is 2.23. The Balaban J connectivity index is 1.65. The molecular formula is C18H21ClN4O2S. The third-order valence-corrected chi connectivity index (χ3v) is 5.37. The first-order valence-corrected chi connectivity index (χ1v) is 9.73. The summed E-state index contributed by atoms with van der Waals surface area (Å²) >= 11 is 7.34. The van der Waals surface area contributed by atoms with Crippen molar-refractivity contribution in [3.05, 3.63) is 44.9 Å². The Hall–Kier alpha value is -2.12. The Morgan fingerprint density at radius 1 is 1.27 bits per heavy atom. The summed E-state index contributed by atoms with van der Waals surface area (Å²) < 4.78 is 0. The first-order chi connectivity index (χ1) is 12.4. The van der Waals surface area contributed by atoms with Crippen LogP contribution in [0.4, 0.5) is 10.5 Å². The number of anilines is 1. The predicted molar refractivity (Wildman–Crippen MR) is 104 cm³/mol. The molecule has 0 saturated carbocycles. The van der Waals surface area contributed by atoms with Crippen LogP contribution in [0, 0.1) is 0 Å². The van der Waals surface area contributed by atoms with Crippen LogP contribution in [0.1, 0.15) is 34.2 Å². The second-order valence-corrected chi connectivity index (χ2v) is 7.96. The van der Waals surface area contributed by atoms with Gasteiger partial charge in [0.1, 0.15) is 0 Å². The second kappa shape index (κ2) is 8.05. The van der Waals surface area contributed by atoms with E-state index >= 15 is 0 Å². The van der Waals surface area contributed by atoms with Crippen LogP contribution in [0.2, 0.25) is 5.02 Å². The zero-order chi connectivity index (χ0) is 18.7. The summed E-state index contributed by atoms with van der Waals surface area (Å²) in [5.41, 5.74) is 1.55. The number of rotatable bonds is 3. The number of hydrogen-bond donors (Lipinski definition) is 2. The van der Waals surface area contributed by atoms with Crippen LogP contribution in [0.15, 0.2) is 24.3 Å². The van der Waals surface area contributed by atoms with E-state index in [1.165, 1.54) is 11.3 Å². The number of carbonyl (C=O) groups excluding carboxylic acids is 2. The van der Waals surface area contributed by atoms with Crippen molar-refractivity contribution in [2.45, 2.75) is 32.7 Å². The molecule has 0 unspecified atom stereocenters. The van der Waals surface area contributed by atoms with Crippen molar-refractivity contribution in [1.82, 2.24) is 15.2 Å². The zero-order valence-corrected chi connectivity index (χ0v) is 16.3. The lowest BCUT2D eigenvalue weighted by Gasteiger charge is -2.22. The van der Waals surface area contributed by atoms with Gasteiger partial charge >= 0.3 is 6.03 Å². The third kappa shape index (κ3) is 4.53. The Kier molecular flexibility index (Phi) is 5.78. The number of thiazole rings is 1. The standard InChI is InChI=1S/C18H21ClN4O2S/c1-11(2)20-18(25)23-8-6-14-15(7-9-23)26-17(22-14)16(24)21-13-5-3-4-12(19)10-13/h3-5,10-11H,6-9H2,1-2H3,(H,20,25)(H,21,24). The summed E-state index contributed by atoms with van der Waals surface area (Å²) in [6.07, 6.45) is 1.37. The molecule has 3 rings (SSSR count). The lowest BCUT2D eigenvalue weighted by atomic mass is 10.2. The van der Waals surface area contributed by atoms with Gasteiger partial charge in [-0.05, 0) is 32.0 Å². The number of aromatic nitrogens is 1. The van der Waals surface area contributed by atoms with Gasteiger partial charge in [-0.25, -0.2) is 9.78 Å². The molecule has 0 radical (unpaired) electrons. The molecule has 1 aliphatic rings. The minimum absolute atomic E-state index is 0.0472. The molecule has 0 saturated heterocycles. The molecule has 3 amide bonds. The van der Waals surface area contributed by atoms with Crippen molar-refractivity contribution < 1.29 is 9.59 Å². The van der Waals surface area contributed by atoms with E-state index in [9.17, 15) is 9.59 Å². The van der Waals surface area contributed by atoms with Crippen LogP contribution < -0.4 is 10.6 Å². The normalized spacial score (nSPS) is 13.9. The monoisotopic (exact) mass is 392 g/mol. The smallest absolute Gasteiger partial charge is 0.317 e. The van der Waals surface area contributed by atoms with Crippen LogP contribution in [-0.4, -0.2) is 41.0 Å². The summed E-state index contributed by atoms with van der Waals surface area (Å²) in [7, 11) is 0.